The van der Waals surface area contributed by atoms with Crippen molar-refractivity contribution in [2.75, 3.05) is 25.6 Å². The number of aromatic nitrogens is 2. The molecule has 0 aliphatic heterocycles. The Labute approximate surface area is 223 Å². The van der Waals surface area contributed by atoms with Gasteiger partial charge >= 0.3 is 0 Å². The van der Waals surface area contributed by atoms with E-state index in [4.69, 9.17) is 14.2 Å². The molecule has 0 spiro atoms. The number of anilines is 1. The van der Waals surface area contributed by atoms with Crippen molar-refractivity contribution in [2.45, 2.75) is 6.42 Å². The van der Waals surface area contributed by atoms with E-state index in [1.165, 1.54) is 6.21 Å². The first-order chi connectivity index (χ1) is 18.6. The van der Waals surface area contributed by atoms with E-state index in [0.29, 0.717) is 46.0 Å². The van der Waals surface area contributed by atoms with Crippen molar-refractivity contribution in [1.29, 1.82) is 0 Å². The van der Waals surface area contributed by atoms with Crippen LogP contribution in [0.3, 0.4) is 0 Å². The lowest BCUT2D eigenvalue weighted by molar-refractivity contribution is -0.120. The lowest BCUT2D eigenvalue weighted by Gasteiger charge is -2.12. The molecule has 4 aromatic rings. The van der Waals surface area contributed by atoms with E-state index in [1.54, 1.807) is 49.6 Å². The molecule has 194 valence electrons. The first-order valence-electron chi connectivity index (χ1n) is 11.6. The maximum absolute atomic E-state index is 12.3. The average Bonchev–Trinajstić information content (AvgIpc) is 3.38. The zero-order valence-electron chi connectivity index (χ0n) is 20.5. The Morgan fingerprint density at radius 1 is 0.921 bits per heavy atom. The molecule has 2 amide bonds. The molecule has 0 radical (unpaired) electrons. The van der Waals surface area contributed by atoms with E-state index in [-0.39, 0.29) is 18.2 Å². The lowest BCUT2D eigenvalue weighted by atomic mass is 10.2. The van der Waals surface area contributed by atoms with Crippen molar-refractivity contribution in [3.63, 3.8) is 0 Å². The number of ether oxygens (including phenoxy) is 3. The van der Waals surface area contributed by atoms with Gasteiger partial charge in [-0.05, 0) is 48.0 Å². The van der Waals surface area contributed by atoms with E-state index in [1.807, 2.05) is 36.4 Å². The van der Waals surface area contributed by atoms with Crippen LogP contribution in [-0.2, 0) is 11.2 Å². The molecule has 0 saturated heterocycles. The van der Waals surface area contributed by atoms with Crippen molar-refractivity contribution in [1.82, 2.24) is 15.6 Å². The molecule has 3 aromatic carbocycles. The van der Waals surface area contributed by atoms with Gasteiger partial charge < -0.3 is 14.2 Å². The van der Waals surface area contributed by atoms with Gasteiger partial charge in [0.05, 0.1) is 19.7 Å². The van der Waals surface area contributed by atoms with Crippen LogP contribution in [0.2, 0.25) is 0 Å². The Morgan fingerprint density at radius 2 is 1.66 bits per heavy atom. The van der Waals surface area contributed by atoms with E-state index in [9.17, 15) is 9.59 Å². The maximum Gasteiger partial charge on any atom is 0.257 e. The van der Waals surface area contributed by atoms with Crippen molar-refractivity contribution in [2.24, 2.45) is 5.10 Å². The number of carbonyl (C=O) groups is 2. The molecule has 0 aliphatic carbocycles. The number of carbonyl (C=O) groups excluding carboxylic acids is 2. The number of rotatable bonds is 12. The predicted octanol–water partition coefficient (Wildman–Crippen LogP) is 3.95. The molecular weight excluding hydrogens is 506 g/mol. The van der Waals surface area contributed by atoms with Crippen LogP contribution in [0.1, 0.15) is 20.9 Å². The van der Waals surface area contributed by atoms with Gasteiger partial charge in [0, 0.05) is 5.56 Å². The van der Waals surface area contributed by atoms with Crippen LogP contribution >= 0.6 is 11.3 Å². The summed E-state index contributed by atoms with van der Waals surface area (Å²) in [5.41, 5.74) is 3.67. The zero-order valence-corrected chi connectivity index (χ0v) is 21.3. The van der Waals surface area contributed by atoms with Crippen molar-refractivity contribution < 1.29 is 23.8 Å². The normalized spacial score (nSPS) is 10.7. The summed E-state index contributed by atoms with van der Waals surface area (Å²) >= 11 is 1.12. The van der Waals surface area contributed by atoms with Gasteiger partial charge in [0.1, 0.15) is 24.0 Å². The summed E-state index contributed by atoms with van der Waals surface area (Å²) in [6.07, 6.45) is 1.46. The largest absolute Gasteiger partial charge is 0.493 e. The van der Waals surface area contributed by atoms with Crippen molar-refractivity contribution in [3.05, 3.63) is 95.0 Å². The molecule has 2 N–H and O–H groups in total. The lowest BCUT2D eigenvalue weighted by Crippen LogP contribution is -2.19. The fourth-order valence-electron chi connectivity index (χ4n) is 3.20. The van der Waals surface area contributed by atoms with Gasteiger partial charge in [-0.2, -0.15) is 5.10 Å². The minimum absolute atomic E-state index is 0.0304. The van der Waals surface area contributed by atoms with E-state index < -0.39 is 0 Å². The topological polar surface area (TPSA) is 124 Å². The average molecular weight is 532 g/mol. The molecule has 38 heavy (non-hydrogen) atoms. The monoisotopic (exact) mass is 531 g/mol. The number of hydrazone groups is 1. The number of nitrogens with one attached hydrogen (secondary N) is 2. The fourth-order valence-corrected chi connectivity index (χ4v) is 3.94. The quantitative estimate of drug-likeness (QED) is 0.161. The summed E-state index contributed by atoms with van der Waals surface area (Å²) in [5, 5.41) is 15.3. The summed E-state index contributed by atoms with van der Waals surface area (Å²) in [6.45, 7) is 0.732. The third-order valence-electron chi connectivity index (χ3n) is 4.98. The summed E-state index contributed by atoms with van der Waals surface area (Å²) in [5.74, 6) is 1.20. The molecule has 1 aromatic heterocycles. The number of benzene rings is 3. The van der Waals surface area contributed by atoms with Gasteiger partial charge in [-0.25, -0.2) is 5.43 Å². The van der Waals surface area contributed by atoms with Gasteiger partial charge in [-0.1, -0.05) is 47.7 Å². The SMILES string of the molecule is COc1cc(/C=N\NC(=O)Cc2nnc(NC(=O)c3ccccc3)s2)ccc1OCCOc1ccccc1. The molecule has 0 saturated carbocycles. The number of methoxy groups -OCH3 is 1. The minimum atomic E-state index is -0.372. The highest BCUT2D eigenvalue weighted by Gasteiger charge is 2.12. The molecule has 1 heterocycles. The van der Waals surface area contributed by atoms with Crippen LogP contribution in [0, 0.1) is 0 Å². The van der Waals surface area contributed by atoms with Gasteiger partial charge in [-0.15, -0.1) is 10.2 Å². The summed E-state index contributed by atoms with van der Waals surface area (Å²) < 4.78 is 16.8. The number of amides is 2. The van der Waals surface area contributed by atoms with Gasteiger partial charge in [0.15, 0.2) is 11.5 Å². The Morgan fingerprint density at radius 3 is 2.42 bits per heavy atom. The summed E-state index contributed by atoms with van der Waals surface area (Å²) in [6, 6.07) is 23.6. The molecule has 0 aliphatic rings. The second-order valence-electron chi connectivity index (χ2n) is 7.71. The van der Waals surface area contributed by atoms with Crippen molar-refractivity contribution >= 4 is 34.5 Å². The number of hydrogen-bond donors (Lipinski definition) is 2. The Kier molecular flexibility index (Phi) is 9.35. The van der Waals surface area contributed by atoms with E-state index in [0.717, 1.165) is 17.1 Å². The molecule has 0 atom stereocenters. The summed E-state index contributed by atoms with van der Waals surface area (Å²) in [4.78, 5) is 24.5. The van der Waals surface area contributed by atoms with Crippen LogP contribution in [0.5, 0.6) is 17.2 Å². The molecular formula is C27H25N5O5S. The molecule has 0 bridgehead atoms. The van der Waals surface area contributed by atoms with Crippen LogP contribution in [0.25, 0.3) is 0 Å². The summed E-state index contributed by atoms with van der Waals surface area (Å²) in [7, 11) is 1.55. The second-order valence-corrected chi connectivity index (χ2v) is 8.77. The highest BCUT2D eigenvalue weighted by Crippen LogP contribution is 2.27. The Balaban J connectivity index is 1.22. The smallest absolute Gasteiger partial charge is 0.257 e. The first kappa shape index (κ1) is 26.3. The second kappa shape index (κ2) is 13.5. The van der Waals surface area contributed by atoms with Crippen LogP contribution in [0.15, 0.2) is 84.0 Å². The highest BCUT2D eigenvalue weighted by molar-refractivity contribution is 7.15. The first-order valence-corrected chi connectivity index (χ1v) is 12.4. The number of nitrogens with zero attached hydrogens (tertiary/aromatic N) is 3. The Hall–Kier alpha value is -4.77. The third-order valence-corrected chi connectivity index (χ3v) is 5.82. The van der Waals surface area contributed by atoms with Crippen LogP contribution < -0.4 is 25.0 Å². The van der Waals surface area contributed by atoms with Crippen molar-refractivity contribution in [3.8, 4) is 17.2 Å². The predicted molar refractivity (Wildman–Crippen MR) is 144 cm³/mol. The number of hydrogen-bond acceptors (Lipinski definition) is 9. The third kappa shape index (κ3) is 7.87. The van der Waals surface area contributed by atoms with Crippen LogP contribution in [0.4, 0.5) is 5.13 Å². The van der Waals surface area contributed by atoms with Gasteiger partial charge in [0.25, 0.3) is 5.91 Å². The molecule has 11 heteroatoms. The molecule has 10 nitrogen and oxygen atoms in total. The zero-order chi connectivity index (χ0) is 26.6. The van der Waals surface area contributed by atoms with Gasteiger partial charge in [-0.3, -0.25) is 14.9 Å². The Bertz CT molecular complexity index is 1380. The standard InChI is InChI=1S/C27H25N5O5S/c1-35-23-16-19(12-13-22(23)37-15-14-36-21-10-6-3-7-11-21)18-28-30-24(33)17-25-31-32-27(38-25)29-26(34)20-8-4-2-5-9-20/h2-13,16,18H,14-15,17H2,1H3,(H,30,33)(H,29,32,34)/b28-18-. The minimum Gasteiger partial charge on any atom is -0.493 e. The number of para-hydroxylation sites is 1. The molecule has 0 unspecified atom stereocenters. The van der Waals surface area contributed by atoms with E-state index in [2.05, 4.69) is 26.0 Å². The fraction of sp³-hybridized carbons (Fsp3) is 0.148. The molecule has 4 rings (SSSR count). The van der Waals surface area contributed by atoms with E-state index >= 15 is 0 Å². The van der Waals surface area contributed by atoms with Gasteiger partial charge in [0.2, 0.25) is 11.0 Å². The molecule has 0 fully saturated rings. The highest BCUT2D eigenvalue weighted by atomic mass is 32.1. The van der Waals surface area contributed by atoms with Crippen LogP contribution in [-0.4, -0.2) is 48.5 Å². The maximum atomic E-state index is 12.3.